The molecule has 1 fully saturated rings. The van der Waals surface area contributed by atoms with Crippen LogP contribution in [0.15, 0.2) is 24.3 Å². The van der Waals surface area contributed by atoms with E-state index in [9.17, 15) is 5.11 Å². The molecule has 0 aliphatic carbocycles. The molecule has 112 valence electrons. The van der Waals surface area contributed by atoms with Crippen LogP contribution in [-0.2, 0) is 11.0 Å². The quantitative estimate of drug-likeness (QED) is 0.890. The molecule has 2 heteroatoms. The van der Waals surface area contributed by atoms with Crippen LogP contribution in [0.4, 0.5) is 0 Å². The molecule has 20 heavy (non-hydrogen) atoms. The molecular formula is C18H29NO. The number of hydrogen-bond donors (Lipinski definition) is 1. The molecule has 1 aromatic rings. The van der Waals surface area contributed by atoms with Crippen molar-refractivity contribution in [2.75, 3.05) is 13.1 Å². The van der Waals surface area contributed by atoms with Crippen LogP contribution in [0.3, 0.4) is 0 Å². The van der Waals surface area contributed by atoms with Crippen molar-refractivity contribution in [1.29, 1.82) is 0 Å². The molecule has 1 N–H and O–H groups in total. The Morgan fingerprint density at radius 2 is 1.55 bits per heavy atom. The predicted octanol–water partition coefficient (Wildman–Crippen LogP) is 3.68. The fourth-order valence-electron chi connectivity index (χ4n) is 2.98. The van der Waals surface area contributed by atoms with Crippen molar-refractivity contribution < 1.29 is 5.11 Å². The first-order valence-electron chi connectivity index (χ1n) is 7.80. The molecule has 1 saturated heterocycles. The van der Waals surface area contributed by atoms with E-state index in [0.717, 1.165) is 31.5 Å². The van der Waals surface area contributed by atoms with Gasteiger partial charge in [-0.15, -0.1) is 0 Å². The number of likely N-dealkylation sites (tertiary alicyclic amines) is 1. The second kappa shape index (κ2) is 5.50. The van der Waals surface area contributed by atoms with Gasteiger partial charge in [0.2, 0.25) is 0 Å². The summed E-state index contributed by atoms with van der Waals surface area (Å²) in [6.07, 6.45) is 1.67. The third-order valence-electron chi connectivity index (χ3n) is 4.64. The highest BCUT2D eigenvalue weighted by molar-refractivity contribution is 5.31. The summed E-state index contributed by atoms with van der Waals surface area (Å²) in [5.41, 5.74) is 1.93. The SMILES string of the molecule is CC(C)N1CCC(O)(c2ccc(C(C)(C)C)cc2)CC1. The molecule has 1 aromatic carbocycles. The maximum atomic E-state index is 10.9. The van der Waals surface area contributed by atoms with Crippen molar-refractivity contribution in [3.8, 4) is 0 Å². The Hall–Kier alpha value is -0.860. The molecule has 2 rings (SSSR count). The lowest BCUT2D eigenvalue weighted by Gasteiger charge is -2.40. The highest BCUT2D eigenvalue weighted by atomic mass is 16.3. The Morgan fingerprint density at radius 1 is 1.05 bits per heavy atom. The van der Waals surface area contributed by atoms with Crippen molar-refractivity contribution >= 4 is 0 Å². The van der Waals surface area contributed by atoms with Crippen LogP contribution >= 0.6 is 0 Å². The van der Waals surface area contributed by atoms with Crippen LogP contribution in [0.25, 0.3) is 0 Å². The van der Waals surface area contributed by atoms with Crippen LogP contribution in [0, 0.1) is 0 Å². The molecule has 0 saturated carbocycles. The standard InChI is InChI=1S/C18H29NO/c1-14(2)19-12-10-18(20,11-13-19)16-8-6-15(7-9-16)17(3,4)5/h6-9,14,20H,10-13H2,1-5H3. The summed E-state index contributed by atoms with van der Waals surface area (Å²) in [6, 6.07) is 9.14. The van der Waals surface area contributed by atoms with Crippen molar-refractivity contribution in [3.05, 3.63) is 35.4 Å². The first-order chi connectivity index (χ1) is 9.22. The van der Waals surface area contributed by atoms with Gasteiger partial charge in [-0.3, -0.25) is 0 Å². The molecular weight excluding hydrogens is 246 g/mol. The minimum Gasteiger partial charge on any atom is -0.385 e. The number of hydrogen-bond acceptors (Lipinski definition) is 2. The lowest BCUT2D eigenvalue weighted by molar-refractivity contribution is -0.0324. The van der Waals surface area contributed by atoms with Crippen molar-refractivity contribution in [2.45, 2.75) is 64.5 Å². The Morgan fingerprint density at radius 3 is 1.95 bits per heavy atom. The number of rotatable bonds is 2. The number of nitrogens with zero attached hydrogens (tertiary/aromatic N) is 1. The maximum Gasteiger partial charge on any atom is 0.0920 e. The van der Waals surface area contributed by atoms with Gasteiger partial charge < -0.3 is 10.0 Å². The van der Waals surface area contributed by atoms with Gasteiger partial charge in [0, 0.05) is 19.1 Å². The molecule has 0 spiro atoms. The smallest absolute Gasteiger partial charge is 0.0920 e. The molecule has 0 radical (unpaired) electrons. The molecule has 0 bridgehead atoms. The zero-order valence-corrected chi connectivity index (χ0v) is 13.6. The average Bonchev–Trinajstić information content (AvgIpc) is 2.38. The minimum atomic E-state index is -0.637. The van der Waals surface area contributed by atoms with E-state index in [1.165, 1.54) is 5.56 Å². The first kappa shape index (κ1) is 15.5. The molecule has 1 aliphatic heterocycles. The lowest BCUT2D eigenvalue weighted by atomic mass is 9.81. The van der Waals surface area contributed by atoms with Crippen LogP contribution in [0.5, 0.6) is 0 Å². The summed E-state index contributed by atoms with van der Waals surface area (Å²) in [7, 11) is 0. The van der Waals surface area contributed by atoms with Gasteiger partial charge in [0.05, 0.1) is 5.60 Å². The fraction of sp³-hybridized carbons (Fsp3) is 0.667. The molecule has 0 amide bonds. The molecule has 0 aromatic heterocycles. The third-order valence-corrected chi connectivity index (χ3v) is 4.64. The van der Waals surface area contributed by atoms with Gasteiger partial charge in [0.25, 0.3) is 0 Å². The van der Waals surface area contributed by atoms with Gasteiger partial charge in [-0.1, -0.05) is 45.0 Å². The predicted molar refractivity (Wildman–Crippen MR) is 85.0 cm³/mol. The van der Waals surface area contributed by atoms with E-state index in [2.05, 4.69) is 63.8 Å². The average molecular weight is 275 g/mol. The molecule has 1 aliphatic rings. The normalized spacial score (nSPS) is 20.4. The van der Waals surface area contributed by atoms with Gasteiger partial charge in [-0.25, -0.2) is 0 Å². The van der Waals surface area contributed by atoms with Crippen LogP contribution in [0.2, 0.25) is 0 Å². The summed E-state index contributed by atoms with van der Waals surface area (Å²) in [5, 5.41) is 10.9. The van der Waals surface area contributed by atoms with Gasteiger partial charge in [0.15, 0.2) is 0 Å². The Bertz CT molecular complexity index is 433. The minimum absolute atomic E-state index is 0.169. The van der Waals surface area contributed by atoms with Crippen molar-refractivity contribution in [1.82, 2.24) is 4.90 Å². The van der Waals surface area contributed by atoms with Gasteiger partial charge in [-0.05, 0) is 43.2 Å². The Kier molecular flexibility index (Phi) is 4.27. The van der Waals surface area contributed by atoms with Crippen LogP contribution in [0.1, 0.15) is 58.6 Å². The Labute approximate surface area is 123 Å². The number of aliphatic hydroxyl groups is 1. The van der Waals surface area contributed by atoms with Crippen LogP contribution < -0.4 is 0 Å². The van der Waals surface area contributed by atoms with Crippen molar-refractivity contribution in [2.24, 2.45) is 0 Å². The Balaban J connectivity index is 2.12. The van der Waals surface area contributed by atoms with E-state index in [-0.39, 0.29) is 5.41 Å². The van der Waals surface area contributed by atoms with Gasteiger partial charge in [-0.2, -0.15) is 0 Å². The van der Waals surface area contributed by atoms with Gasteiger partial charge >= 0.3 is 0 Å². The van der Waals surface area contributed by atoms with Crippen LogP contribution in [-0.4, -0.2) is 29.1 Å². The topological polar surface area (TPSA) is 23.5 Å². The summed E-state index contributed by atoms with van der Waals surface area (Å²) >= 11 is 0. The highest BCUT2D eigenvalue weighted by Gasteiger charge is 2.34. The summed E-state index contributed by atoms with van der Waals surface area (Å²) in [5.74, 6) is 0. The van der Waals surface area contributed by atoms with E-state index in [0.29, 0.717) is 6.04 Å². The first-order valence-corrected chi connectivity index (χ1v) is 7.80. The number of benzene rings is 1. The number of piperidine rings is 1. The maximum absolute atomic E-state index is 10.9. The summed E-state index contributed by atoms with van der Waals surface area (Å²) < 4.78 is 0. The molecule has 0 atom stereocenters. The molecule has 1 heterocycles. The van der Waals surface area contributed by atoms with E-state index >= 15 is 0 Å². The molecule has 0 unspecified atom stereocenters. The summed E-state index contributed by atoms with van der Waals surface area (Å²) in [4.78, 5) is 2.44. The third kappa shape index (κ3) is 3.24. The fourth-order valence-corrected chi connectivity index (χ4v) is 2.98. The van der Waals surface area contributed by atoms with E-state index < -0.39 is 5.60 Å². The van der Waals surface area contributed by atoms with Crippen molar-refractivity contribution in [3.63, 3.8) is 0 Å². The van der Waals surface area contributed by atoms with Gasteiger partial charge in [0.1, 0.15) is 0 Å². The summed E-state index contributed by atoms with van der Waals surface area (Å²) in [6.45, 7) is 13.1. The highest BCUT2D eigenvalue weighted by Crippen LogP contribution is 2.34. The molecule has 2 nitrogen and oxygen atoms in total. The zero-order chi connectivity index (χ0) is 15.0. The monoisotopic (exact) mass is 275 g/mol. The largest absolute Gasteiger partial charge is 0.385 e. The van der Waals surface area contributed by atoms with E-state index in [1.807, 2.05) is 0 Å². The van der Waals surface area contributed by atoms with E-state index in [1.54, 1.807) is 0 Å². The lowest BCUT2D eigenvalue weighted by Crippen LogP contribution is -2.45. The second-order valence-corrected chi connectivity index (χ2v) is 7.49. The van der Waals surface area contributed by atoms with E-state index in [4.69, 9.17) is 0 Å². The second-order valence-electron chi connectivity index (χ2n) is 7.49. The zero-order valence-electron chi connectivity index (χ0n) is 13.6.